The van der Waals surface area contributed by atoms with Crippen LogP contribution in [0.15, 0.2) is 41.3 Å². The first-order chi connectivity index (χ1) is 9.86. The van der Waals surface area contributed by atoms with Gasteiger partial charge in [-0.1, -0.05) is 47.5 Å². The number of sulfone groups is 1. The zero-order chi connectivity index (χ0) is 15.6. The van der Waals surface area contributed by atoms with Crippen LogP contribution in [0.25, 0.3) is 0 Å². The van der Waals surface area contributed by atoms with Gasteiger partial charge in [-0.3, -0.25) is 0 Å². The molecule has 0 aliphatic rings. The highest BCUT2D eigenvalue weighted by Crippen LogP contribution is 2.32. The summed E-state index contributed by atoms with van der Waals surface area (Å²) < 4.78 is 39.0. The van der Waals surface area contributed by atoms with Gasteiger partial charge in [0.25, 0.3) is 0 Å². The molecule has 0 saturated heterocycles. The van der Waals surface area contributed by atoms with E-state index in [1.165, 1.54) is 24.3 Å². The van der Waals surface area contributed by atoms with E-state index in [2.05, 4.69) is 0 Å². The van der Waals surface area contributed by atoms with Crippen molar-refractivity contribution in [3.05, 3.63) is 63.4 Å². The van der Waals surface area contributed by atoms with Crippen molar-refractivity contribution in [2.45, 2.75) is 17.2 Å². The number of benzene rings is 2. The zero-order valence-electron chi connectivity index (χ0n) is 10.8. The first-order valence-corrected chi connectivity index (χ1v) is 8.40. The van der Waals surface area contributed by atoms with E-state index in [1.54, 1.807) is 12.1 Å². The lowest BCUT2D eigenvalue weighted by molar-refractivity contribution is 0.582. The second-order valence-electron chi connectivity index (χ2n) is 4.40. The molecule has 0 atom stereocenters. The summed E-state index contributed by atoms with van der Waals surface area (Å²) in [7, 11) is -3.87. The Kier molecular flexibility index (Phi) is 4.88. The normalized spacial score (nSPS) is 11.6. The van der Waals surface area contributed by atoms with Gasteiger partial charge in [0.1, 0.15) is 10.7 Å². The van der Waals surface area contributed by atoms with E-state index in [1.807, 2.05) is 0 Å². The zero-order valence-corrected chi connectivity index (χ0v) is 13.1. The van der Waals surface area contributed by atoms with Crippen molar-refractivity contribution in [1.82, 2.24) is 0 Å². The number of rotatable bonds is 4. The summed E-state index contributed by atoms with van der Waals surface area (Å²) in [6.45, 7) is -0.00737. The lowest BCUT2D eigenvalue weighted by Crippen LogP contribution is -2.10. The van der Waals surface area contributed by atoms with E-state index < -0.39 is 21.4 Å². The van der Waals surface area contributed by atoms with Gasteiger partial charge >= 0.3 is 0 Å². The van der Waals surface area contributed by atoms with E-state index >= 15 is 0 Å². The Morgan fingerprint density at radius 3 is 2.10 bits per heavy atom. The van der Waals surface area contributed by atoms with Crippen LogP contribution in [-0.2, 0) is 22.1 Å². The molecule has 0 amide bonds. The first kappa shape index (κ1) is 16.2. The van der Waals surface area contributed by atoms with Crippen LogP contribution >= 0.6 is 23.2 Å². The molecule has 0 fully saturated rings. The number of hydrogen-bond donors (Lipinski definition) is 1. The van der Waals surface area contributed by atoms with Crippen LogP contribution in [0.1, 0.15) is 11.1 Å². The monoisotopic (exact) mass is 347 g/mol. The third-order valence-electron chi connectivity index (χ3n) is 2.95. The average molecular weight is 348 g/mol. The SMILES string of the molecule is NCc1cccc(CS(=O)(=O)c2c(Cl)cccc2Cl)c1F. The van der Waals surface area contributed by atoms with Gasteiger partial charge in [-0.2, -0.15) is 0 Å². The summed E-state index contributed by atoms with van der Waals surface area (Å²) in [6, 6.07) is 8.86. The maximum absolute atomic E-state index is 14.1. The fourth-order valence-corrected chi connectivity index (χ4v) is 4.57. The largest absolute Gasteiger partial charge is 0.326 e. The van der Waals surface area contributed by atoms with E-state index in [0.717, 1.165) is 0 Å². The molecule has 112 valence electrons. The third kappa shape index (κ3) is 3.37. The van der Waals surface area contributed by atoms with E-state index in [-0.39, 0.29) is 32.6 Å². The molecule has 0 unspecified atom stereocenters. The second kappa shape index (κ2) is 6.32. The molecule has 0 aromatic heterocycles. The minimum atomic E-state index is -3.87. The van der Waals surface area contributed by atoms with Gasteiger partial charge in [0.2, 0.25) is 0 Å². The smallest absolute Gasteiger partial charge is 0.185 e. The highest BCUT2D eigenvalue weighted by atomic mass is 35.5. The molecular formula is C14H12Cl2FNO2S. The molecule has 0 bridgehead atoms. The lowest BCUT2D eigenvalue weighted by Gasteiger charge is -2.10. The second-order valence-corrected chi connectivity index (χ2v) is 7.15. The number of halogens is 3. The molecule has 0 saturated carbocycles. The van der Waals surface area contributed by atoms with Gasteiger partial charge < -0.3 is 5.73 Å². The summed E-state index contributed by atoms with van der Waals surface area (Å²) in [4.78, 5) is -0.189. The summed E-state index contributed by atoms with van der Waals surface area (Å²) in [5.41, 5.74) is 5.70. The van der Waals surface area contributed by atoms with Crippen molar-refractivity contribution in [2.24, 2.45) is 5.73 Å². The summed E-state index contributed by atoms with van der Waals surface area (Å²) in [5, 5.41) is 0.0239. The molecule has 0 aliphatic carbocycles. The maximum atomic E-state index is 14.1. The highest BCUT2D eigenvalue weighted by Gasteiger charge is 2.24. The van der Waals surface area contributed by atoms with Gasteiger partial charge in [-0.25, -0.2) is 12.8 Å². The van der Waals surface area contributed by atoms with Crippen LogP contribution in [0, 0.1) is 5.82 Å². The highest BCUT2D eigenvalue weighted by molar-refractivity contribution is 7.90. The molecule has 0 heterocycles. The minimum absolute atomic E-state index is 0.00737. The van der Waals surface area contributed by atoms with Crippen molar-refractivity contribution in [2.75, 3.05) is 0 Å². The van der Waals surface area contributed by atoms with E-state index in [9.17, 15) is 12.8 Å². The lowest BCUT2D eigenvalue weighted by atomic mass is 10.1. The molecule has 0 radical (unpaired) electrons. The van der Waals surface area contributed by atoms with Crippen LogP contribution in [0.4, 0.5) is 4.39 Å². The average Bonchev–Trinajstić information content (AvgIpc) is 2.40. The standard InChI is InChI=1S/C14H12Cl2FNO2S/c15-11-5-2-6-12(16)14(11)21(19,20)8-10-4-1-3-9(7-18)13(10)17/h1-6H,7-8,18H2. The van der Waals surface area contributed by atoms with Gasteiger partial charge in [0, 0.05) is 17.7 Å². The summed E-state index contributed by atoms with van der Waals surface area (Å²) in [6.07, 6.45) is 0. The minimum Gasteiger partial charge on any atom is -0.326 e. The first-order valence-electron chi connectivity index (χ1n) is 6.00. The van der Waals surface area contributed by atoms with E-state index in [4.69, 9.17) is 28.9 Å². The van der Waals surface area contributed by atoms with Crippen LogP contribution < -0.4 is 5.73 Å². The van der Waals surface area contributed by atoms with Crippen molar-refractivity contribution >= 4 is 33.0 Å². The molecule has 0 aliphatic heterocycles. The fraction of sp³-hybridized carbons (Fsp3) is 0.143. The van der Waals surface area contributed by atoms with Crippen LogP contribution in [0.5, 0.6) is 0 Å². The summed E-state index contributed by atoms with van der Waals surface area (Å²) >= 11 is 11.8. The van der Waals surface area contributed by atoms with Gasteiger partial charge in [-0.05, 0) is 12.1 Å². The Hall–Kier alpha value is -1.14. The molecule has 2 N–H and O–H groups in total. The predicted octanol–water partition coefficient (Wildman–Crippen LogP) is 3.57. The Morgan fingerprint density at radius 2 is 1.52 bits per heavy atom. The predicted molar refractivity (Wildman–Crippen MR) is 81.6 cm³/mol. The molecular weight excluding hydrogens is 336 g/mol. The van der Waals surface area contributed by atoms with Crippen molar-refractivity contribution < 1.29 is 12.8 Å². The van der Waals surface area contributed by atoms with Gasteiger partial charge in [-0.15, -0.1) is 0 Å². The molecule has 2 aromatic carbocycles. The molecule has 2 aromatic rings. The van der Waals surface area contributed by atoms with Crippen molar-refractivity contribution in [1.29, 1.82) is 0 Å². The van der Waals surface area contributed by atoms with Gasteiger partial charge in [0.15, 0.2) is 9.84 Å². The van der Waals surface area contributed by atoms with Crippen molar-refractivity contribution in [3.63, 3.8) is 0 Å². The molecule has 0 spiro atoms. The van der Waals surface area contributed by atoms with Crippen LogP contribution in [0.2, 0.25) is 10.0 Å². The molecule has 3 nitrogen and oxygen atoms in total. The third-order valence-corrected chi connectivity index (χ3v) is 5.56. The Morgan fingerprint density at radius 1 is 1.00 bits per heavy atom. The quantitative estimate of drug-likeness (QED) is 0.919. The molecule has 21 heavy (non-hydrogen) atoms. The number of hydrogen-bond acceptors (Lipinski definition) is 3. The topological polar surface area (TPSA) is 60.2 Å². The van der Waals surface area contributed by atoms with Crippen molar-refractivity contribution in [3.8, 4) is 0 Å². The Balaban J connectivity index is 2.48. The van der Waals surface area contributed by atoms with Crippen LogP contribution in [-0.4, -0.2) is 8.42 Å². The molecule has 2 rings (SSSR count). The number of nitrogens with two attached hydrogens (primary N) is 1. The van der Waals surface area contributed by atoms with Gasteiger partial charge in [0.05, 0.1) is 15.8 Å². The fourth-order valence-electron chi connectivity index (χ4n) is 1.96. The maximum Gasteiger partial charge on any atom is 0.185 e. The van der Waals surface area contributed by atoms with E-state index in [0.29, 0.717) is 0 Å². The molecule has 7 heteroatoms. The summed E-state index contributed by atoms with van der Waals surface area (Å²) in [5.74, 6) is -1.15. The van der Waals surface area contributed by atoms with Crippen LogP contribution in [0.3, 0.4) is 0 Å². The Labute approximate surface area is 132 Å². The Bertz CT molecular complexity index is 758.